The molecule has 1 unspecified atom stereocenters. The smallest absolute Gasteiger partial charge is 0.300 e. The molecule has 2 aromatic rings. The van der Waals surface area contributed by atoms with Crippen molar-refractivity contribution in [3.63, 3.8) is 0 Å². The number of hydrogen-bond acceptors (Lipinski definition) is 4. The number of aryl methyl sites for hydroxylation is 1. The molecule has 0 aliphatic heterocycles. The Labute approximate surface area is 234 Å². The van der Waals surface area contributed by atoms with Gasteiger partial charge in [0.1, 0.15) is 0 Å². The van der Waals surface area contributed by atoms with E-state index in [1.807, 2.05) is 37.3 Å². The molecule has 6 nitrogen and oxygen atoms in total. The minimum atomic E-state index is -2.17. The van der Waals surface area contributed by atoms with E-state index < -0.39 is 12.4 Å². The van der Waals surface area contributed by atoms with Crippen molar-refractivity contribution in [1.29, 1.82) is 0 Å². The van der Waals surface area contributed by atoms with E-state index in [0.717, 1.165) is 49.9 Å². The third-order valence-corrected chi connectivity index (χ3v) is 5.33. The van der Waals surface area contributed by atoms with Crippen molar-refractivity contribution in [2.75, 3.05) is 0 Å². The van der Waals surface area contributed by atoms with E-state index in [4.69, 9.17) is 15.6 Å². The minimum absolute atomic E-state index is 0.0532. The first-order valence-electron chi connectivity index (χ1n) is 14.0. The SMILES string of the molecule is C=CC(c1ccccc1)n1cnc(CC)c(CCC)c1=O.CC(=O)O.CC(F)F.CCC.NC1CCCCC1. The van der Waals surface area contributed by atoms with Gasteiger partial charge in [0.15, 0.2) is 0 Å². The lowest BCUT2D eigenvalue weighted by atomic mass is 9.97. The third-order valence-electron chi connectivity index (χ3n) is 5.33. The molecular weight excluding hydrogens is 500 g/mol. The van der Waals surface area contributed by atoms with Crippen LogP contribution in [0.1, 0.15) is 109 Å². The zero-order valence-corrected chi connectivity index (χ0v) is 24.8. The molecule has 1 aliphatic carbocycles. The summed E-state index contributed by atoms with van der Waals surface area (Å²) >= 11 is 0. The standard InChI is InChI=1S/C18H22N2O.C6H13N.C3H8.C2H4F2.C2H4O2/c1-4-10-15-16(5-2)19-13-20(18(15)21)17(6-3)14-11-8-7-9-12-14;7-6-4-2-1-3-5-6;1-3-2;2*1-2(3)4/h6-9,11-13,17H,3-5,10H2,1-2H3;6H,1-5,7H2;3H2,1-2H3;2H,1H3;1H3,(H,3,4). The van der Waals surface area contributed by atoms with Gasteiger partial charge < -0.3 is 10.8 Å². The van der Waals surface area contributed by atoms with E-state index in [1.165, 1.54) is 38.5 Å². The van der Waals surface area contributed by atoms with Crippen LogP contribution in [0.2, 0.25) is 0 Å². The summed E-state index contributed by atoms with van der Waals surface area (Å²) in [5.41, 5.74) is 8.48. The maximum atomic E-state index is 12.8. The molecule has 1 aromatic carbocycles. The fourth-order valence-corrected chi connectivity index (χ4v) is 3.74. The van der Waals surface area contributed by atoms with E-state index in [0.29, 0.717) is 6.04 Å². The number of benzene rings is 1. The number of nitrogens with zero attached hydrogens (tertiary/aromatic N) is 2. The number of rotatable bonds is 6. The molecule has 0 amide bonds. The van der Waals surface area contributed by atoms with Crippen molar-refractivity contribution in [3.05, 3.63) is 76.5 Å². The molecule has 3 N–H and O–H groups in total. The first-order chi connectivity index (χ1) is 18.5. The number of carbonyl (C=O) groups is 1. The zero-order chi connectivity index (χ0) is 30.2. The van der Waals surface area contributed by atoms with Gasteiger partial charge in [-0.05, 0) is 38.2 Å². The summed E-state index contributed by atoms with van der Waals surface area (Å²) in [5.74, 6) is -0.833. The predicted molar refractivity (Wildman–Crippen MR) is 159 cm³/mol. The Morgan fingerprint density at radius 3 is 2.00 bits per heavy atom. The lowest BCUT2D eigenvalue weighted by molar-refractivity contribution is -0.134. The van der Waals surface area contributed by atoms with Gasteiger partial charge in [-0.1, -0.05) is 96.2 Å². The number of hydrogen-bond donors (Lipinski definition) is 2. The van der Waals surface area contributed by atoms with Gasteiger partial charge in [-0.25, -0.2) is 13.8 Å². The summed E-state index contributed by atoms with van der Waals surface area (Å²) in [7, 11) is 0. The quantitative estimate of drug-likeness (QED) is 0.360. The van der Waals surface area contributed by atoms with E-state index in [2.05, 4.69) is 32.3 Å². The fraction of sp³-hybridized carbons (Fsp3) is 0.581. The van der Waals surface area contributed by atoms with Crippen LogP contribution in [0.25, 0.3) is 0 Å². The number of carboxylic acids is 1. The number of aromatic nitrogens is 2. The number of alkyl halides is 2. The molecule has 3 rings (SSSR count). The zero-order valence-electron chi connectivity index (χ0n) is 24.8. The molecule has 1 saturated carbocycles. The fourth-order valence-electron chi connectivity index (χ4n) is 3.74. The largest absolute Gasteiger partial charge is 0.481 e. The van der Waals surface area contributed by atoms with E-state index in [-0.39, 0.29) is 11.6 Å². The van der Waals surface area contributed by atoms with Crippen molar-refractivity contribution in [2.24, 2.45) is 5.73 Å². The number of allylic oxidation sites excluding steroid dienone is 1. The van der Waals surface area contributed by atoms with Crippen molar-refractivity contribution >= 4 is 5.97 Å². The summed E-state index contributed by atoms with van der Waals surface area (Å²) < 4.78 is 22.4. The van der Waals surface area contributed by atoms with Crippen molar-refractivity contribution in [3.8, 4) is 0 Å². The molecule has 1 aliphatic rings. The molecule has 1 fully saturated rings. The molecule has 0 spiro atoms. The number of carboxylic acid groups (broad SMARTS) is 1. The molecule has 1 atom stereocenters. The second kappa shape index (κ2) is 24.2. The molecule has 0 radical (unpaired) electrons. The van der Waals surface area contributed by atoms with Crippen LogP contribution in [0.4, 0.5) is 8.78 Å². The van der Waals surface area contributed by atoms with Crippen molar-refractivity contribution in [1.82, 2.24) is 9.55 Å². The maximum absolute atomic E-state index is 12.8. The van der Waals surface area contributed by atoms with Crippen LogP contribution in [0, 0.1) is 0 Å². The van der Waals surface area contributed by atoms with Gasteiger partial charge in [0.25, 0.3) is 11.5 Å². The summed E-state index contributed by atoms with van der Waals surface area (Å²) in [5, 5.41) is 7.42. The topological polar surface area (TPSA) is 98.2 Å². The maximum Gasteiger partial charge on any atom is 0.300 e. The second-order valence-corrected chi connectivity index (χ2v) is 9.22. The van der Waals surface area contributed by atoms with Crippen LogP contribution in [0.3, 0.4) is 0 Å². The van der Waals surface area contributed by atoms with E-state index in [9.17, 15) is 13.6 Å². The average molecular weight is 552 g/mol. The summed E-state index contributed by atoms with van der Waals surface area (Å²) in [6, 6.07) is 10.3. The predicted octanol–water partition coefficient (Wildman–Crippen LogP) is 7.59. The Balaban J connectivity index is 0. The Hall–Kier alpha value is -2.87. The van der Waals surface area contributed by atoms with Crippen LogP contribution >= 0.6 is 0 Å². The van der Waals surface area contributed by atoms with E-state index >= 15 is 0 Å². The number of halogens is 2. The highest BCUT2D eigenvalue weighted by Crippen LogP contribution is 2.18. The highest BCUT2D eigenvalue weighted by molar-refractivity contribution is 5.62. The van der Waals surface area contributed by atoms with Crippen LogP contribution < -0.4 is 11.3 Å². The van der Waals surface area contributed by atoms with Gasteiger partial charge in [-0.3, -0.25) is 14.2 Å². The van der Waals surface area contributed by atoms with Crippen molar-refractivity contribution < 1.29 is 18.7 Å². The summed E-state index contributed by atoms with van der Waals surface area (Å²) in [6.45, 7) is 14.2. The lowest BCUT2D eigenvalue weighted by Gasteiger charge is -2.18. The molecule has 39 heavy (non-hydrogen) atoms. The first kappa shape index (κ1) is 38.3. The van der Waals surface area contributed by atoms with Gasteiger partial charge in [-0.2, -0.15) is 0 Å². The van der Waals surface area contributed by atoms with E-state index in [1.54, 1.807) is 17.0 Å². The molecule has 1 heterocycles. The van der Waals surface area contributed by atoms with Crippen LogP contribution in [-0.2, 0) is 17.6 Å². The molecular formula is C31H51F2N3O3. The first-order valence-corrected chi connectivity index (χ1v) is 14.0. The monoisotopic (exact) mass is 551 g/mol. The Morgan fingerprint density at radius 1 is 1.15 bits per heavy atom. The van der Waals surface area contributed by atoms with Crippen LogP contribution in [0.15, 0.2) is 54.1 Å². The average Bonchev–Trinajstić information content (AvgIpc) is 2.88. The molecule has 0 bridgehead atoms. The van der Waals surface area contributed by atoms with Gasteiger partial charge in [0, 0.05) is 18.5 Å². The second-order valence-electron chi connectivity index (χ2n) is 9.22. The lowest BCUT2D eigenvalue weighted by Crippen LogP contribution is -2.29. The molecule has 8 heteroatoms. The highest BCUT2D eigenvalue weighted by atomic mass is 19.3. The number of nitrogens with two attached hydrogens (primary N) is 1. The van der Waals surface area contributed by atoms with Gasteiger partial charge in [0.05, 0.1) is 18.1 Å². The molecule has 1 aromatic heterocycles. The van der Waals surface area contributed by atoms with Gasteiger partial charge >= 0.3 is 0 Å². The van der Waals surface area contributed by atoms with Crippen LogP contribution in [0.5, 0.6) is 0 Å². The third kappa shape index (κ3) is 18.9. The number of aliphatic carboxylic acids is 1. The minimum Gasteiger partial charge on any atom is -0.481 e. The summed E-state index contributed by atoms with van der Waals surface area (Å²) in [6.07, 6.45) is 11.7. The molecule has 0 saturated heterocycles. The Kier molecular flexibility index (Phi) is 23.7. The van der Waals surface area contributed by atoms with Gasteiger partial charge in [-0.15, -0.1) is 6.58 Å². The van der Waals surface area contributed by atoms with Crippen molar-refractivity contribution in [2.45, 2.75) is 118 Å². The summed E-state index contributed by atoms with van der Waals surface area (Å²) in [4.78, 5) is 26.3. The normalized spacial score (nSPS) is 13.1. The Bertz CT molecular complexity index is 937. The molecule has 222 valence electrons. The highest BCUT2D eigenvalue weighted by Gasteiger charge is 2.16. The van der Waals surface area contributed by atoms with Crippen LogP contribution in [-0.4, -0.2) is 33.1 Å². The Morgan fingerprint density at radius 2 is 1.64 bits per heavy atom. The van der Waals surface area contributed by atoms with Gasteiger partial charge in [0.2, 0.25) is 6.43 Å².